The summed E-state index contributed by atoms with van der Waals surface area (Å²) in [5.74, 6) is 0. The molecule has 0 radical (unpaired) electrons. The van der Waals surface area contributed by atoms with Crippen LogP contribution < -0.4 is 0 Å². The second-order valence-electron chi connectivity index (χ2n) is 4.66. The van der Waals surface area contributed by atoms with Gasteiger partial charge in [-0.2, -0.15) is 4.31 Å². The molecule has 1 fully saturated rings. The Morgan fingerprint density at radius 1 is 1.56 bits per heavy atom. The summed E-state index contributed by atoms with van der Waals surface area (Å²) in [6, 6.07) is 3.90. The van der Waals surface area contributed by atoms with E-state index in [1.165, 1.54) is 6.26 Å². The van der Waals surface area contributed by atoms with E-state index < -0.39 is 10.0 Å². The van der Waals surface area contributed by atoms with Gasteiger partial charge in [0.2, 0.25) is 10.0 Å². The zero-order valence-electron chi connectivity index (χ0n) is 10.3. The van der Waals surface area contributed by atoms with Crippen molar-refractivity contribution >= 4 is 21.6 Å². The van der Waals surface area contributed by atoms with Crippen LogP contribution in [0.2, 0.25) is 5.15 Å². The molecule has 1 aliphatic rings. The van der Waals surface area contributed by atoms with E-state index in [-0.39, 0.29) is 6.04 Å². The first kappa shape index (κ1) is 13.8. The Morgan fingerprint density at radius 2 is 2.33 bits per heavy atom. The van der Waals surface area contributed by atoms with Crippen molar-refractivity contribution < 1.29 is 8.42 Å². The summed E-state index contributed by atoms with van der Waals surface area (Å²) in [5.41, 5.74) is 0.986. The average molecular weight is 289 g/mol. The Bertz CT molecular complexity index is 519. The fourth-order valence-corrected chi connectivity index (χ4v) is 3.89. The SMILES string of the molecule is CS(=O)(=O)N1CCCC1CCc1cccnc1Cl. The fraction of sp³-hybridized carbons (Fsp3) is 0.583. The van der Waals surface area contributed by atoms with Gasteiger partial charge >= 0.3 is 0 Å². The predicted octanol–water partition coefficient (Wildman–Crippen LogP) is 2.09. The van der Waals surface area contributed by atoms with Gasteiger partial charge in [-0.05, 0) is 37.3 Å². The van der Waals surface area contributed by atoms with Crippen LogP contribution in [0.4, 0.5) is 0 Å². The van der Waals surface area contributed by atoms with Crippen LogP contribution in [-0.2, 0) is 16.4 Å². The summed E-state index contributed by atoms with van der Waals surface area (Å²) >= 11 is 5.99. The van der Waals surface area contributed by atoms with Crippen LogP contribution in [0.1, 0.15) is 24.8 Å². The van der Waals surface area contributed by atoms with Gasteiger partial charge in [-0.1, -0.05) is 17.7 Å². The molecule has 1 aromatic heterocycles. The average Bonchev–Trinajstić information content (AvgIpc) is 2.76. The molecule has 1 atom stereocenters. The Kier molecular flexibility index (Phi) is 4.25. The third-order valence-corrected chi connectivity index (χ3v) is 5.01. The van der Waals surface area contributed by atoms with Gasteiger partial charge in [-0.3, -0.25) is 0 Å². The quantitative estimate of drug-likeness (QED) is 0.797. The van der Waals surface area contributed by atoms with Crippen molar-refractivity contribution in [2.45, 2.75) is 31.7 Å². The normalized spacial score (nSPS) is 21.3. The molecule has 4 nitrogen and oxygen atoms in total. The maximum Gasteiger partial charge on any atom is 0.211 e. The Hall–Kier alpha value is -0.650. The van der Waals surface area contributed by atoms with Crippen LogP contribution >= 0.6 is 11.6 Å². The van der Waals surface area contributed by atoms with Gasteiger partial charge in [0.25, 0.3) is 0 Å². The van der Waals surface area contributed by atoms with Crippen LogP contribution in [-0.4, -0.2) is 36.5 Å². The van der Waals surface area contributed by atoms with E-state index in [0.29, 0.717) is 11.7 Å². The lowest BCUT2D eigenvalue weighted by Crippen LogP contribution is -2.34. The highest BCUT2D eigenvalue weighted by molar-refractivity contribution is 7.88. The van der Waals surface area contributed by atoms with Crippen molar-refractivity contribution in [3.05, 3.63) is 29.0 Å². The molecule has 2 rings (SSSR count). The third-order valence-electron chi connectivity index (χ3n) is 3.33. The first-order valence-electron chi connectivity index (χ1n) is 6.04. The molecule has 0 amide bonds. The fourth-order valence-electron chi connectivity index (χ4n) is 2.46. The number of aryl methyl sites for hydroxylation is 1. The van der Waals surface area contributed by atoms with E-state index in [0.717, 1.165) is 31.2 Å². The largest absolute Gasteiger partial charge is 0.244 e. The van der Waals surface area contributed by atoms with E-state index in [9.17, 15) is 8.42 Å². The molecule has 0 spiro atoms. The molecule has 0 aromatic carbocycles. The molecule has 1 saturated heterocycles. The molecular formula is C12H17ClN2O2S. The van der Waals surface area contributed by atoms with E-state index in [2.05, 4.69) is 4.98 Å². The van der Waals surface area contributed by atoms with Gasteiger partial charge in [0.1, 0.15) is 5.15 Å². The van der Waals surface area contributed by atoms with Crippen molar-refractivity contribution in [2.24, 2.45) is 0 Å². The zero-order valence-corrected chi connectivity index (χ0v) is 11.9. The van der Waals surface area contributed by atoms with Gasteiger partial charge in [-0.15, -0.1) is 0 Å². The summed E-state index contributed by atoms with van der Waals surface area (Å²) in [7, 11) is -3.08. The third kappa shape index (κ3) is 3.22. The zero-order chi connectivity index (χ0) is 13.2. The minimum Gasteiger partial charge on any atom is -0.244 e. The van der Waals surface area contributed by atoms with Gasteiger partial charge in [0, 0.05) is 18.8 Å². The standard InChI is InChI=1S/C12H17ClN2O2S/c1-18(16,17)15-9-3-5-11(15)7-6-10-4-2-8-14-12(10)13/h2,4,8,11H,3,5-7,9H2,1H3. The van der Waals surface area contributed by atoms with Gasteiger partial charge in [0.15, 0.2) is 0 Å². The van der Waals surface area contributed by atoms with Crippen LogP contribution in [0.15, 0.2) is 18.3 Å². The van der Waals surface area contributed by atoms with Crippen molar-refractivity contribution in [3.63, 3.8) is 0 Å². The monoisotopic (exact) mass is 288 g/mol. The number of rotatable bonds is 4. The molecule has 0 N–H and O–H groups in total. The van der Waals surface area contributed by atoms with Gasteiger partial charge in [0.05, 0.1) is 6.26 Å². The Balaban J connectivity index is 2.00. The molecule has 2 heterocycles. The highest BCUT2D eigenvalue weighted by atomic mass is 35.5. The smallest absolute Gasteiger partial charge is 0.211 e. The topological polar surface area (TPSA) is 50.3 Å². The van der Waals surface area contributed by atoms with Crippen molar-refractivity contribution in [1.82, 2.24) is 9.29 Å². The molecule has 1 unspecified atom stereocenters. The maximum absolute atomic E-state index is 11.6. The molecule has 0 saturated carbocycles. The molecule has 18 heavy (non-hydrogen) atoms. The molecular weight excluding hydrogens is 272 g/mol. The molecule has 0 aliphatic carbocycles. The lowest BCUT2D eigenvalue weighted by molar-refractivity contribution is 0.373. The predicted molar refractivity (Wildman–Crippen MR) is 72.1 cm³/mol. The summed E-state index contributed by atoms with van der Waals surface area (Å²) in [4.78, 5) is 4.03. The first-order chi connectivity index (χ1) is 8.48. The van der Waals surface area contributed by atoms with E-state index in [4.69, 9.17) is 11.6 Å². The number of pyridine rings is 1. The second-order valence-corrected chi connectivity index (χ2v) is 6.95. The summed E-state index contributed by atoms with van der Waals surface area (Å²) < 4.78 is 24.8. The van der Waals surface area contributed by atoms with Gasteiger partial charge < -0.3 is 0 Å². The minimum absolute atomic E-state index is 0.108. The summed E-state index contributed by atoms with van der Waals surface area (Å²) in [6.45, 7) is 0.643. The summed E-state index contributed by atoms with van der Waals surface area (Å²) in [6.07, 6.45) is 6.39. The summed E-state index contributed by atoms with van der Waals surface area (Å²) in [5, 5.41) is 0.515. The number of aromatic nitrogens is 1. The highest BCUT2D eigenvalue weighted by Gasteiger charge is 2.30. The molecule has 1 aromatic rings. The second kappa shape index (κ2) is 5.55. The molecule has 1 aliphatic heterocycles. The lowest BCUT2D eigenvalue weighted by Gasteiger charge is -2.22. The minimum atomic E-state index is -3.08. The number of halogens is 1. The van der Waals surface area contributed by atoms with E-state index >= 15 is 0 Å². The van der Waals surface area contributed by atoms with Crippen molar-refractivity contribution in [1.29, 1.82) is 0 Å². The van der Waals surface area contributed by atoms with Crippen LogP contribution in [0, 0.1) is 0 Å². The van der Waals surface area contributed by atoms with Crippen molar-refractivity contribution in [3.8, 4) is 0 Å². The lowest BCUT2D eigenvalue weighted by atomic mass is 10.1. The van der Waals surface area contributed by atoms with Gasteiger partial charge in [-0.25, -0.2) is 13.4 Å². The Labute approximate surface area is 113 Å². The first-order valence-corrected chi connectivity index (χ1v) is 8.27. The Morgan fingerprint density at radius 3 is 3.00 bits per heavy atom. The van der Waals surface area contributed by atoms with E-state index in [1.807, 2.05) is 12.1 Å². The molecule has 6 heteroatoms. The number of hydrogen-bond donors (Lipinski definition) is 0. The van der Waals surface area contributed by atoms with E-state index in [1.54, 1.807) is 10.5 Å². The van der Waals surface area contributed by atoms with Crippen LogP contribution in [0.5, 0.6) is 0 Å². The van der Waals surface area contributed by atoms with Crippen LogP contribution in [0.25, 0.3) is 0 Å². The maximum atomic E-state index is 11.6. The number of sulfonamides is 1. The molecule has 100 valence electrons. The van der Waals surface area contributed by atoms with Crippen molar-refractivity contribution in [2.75, 3.05) is 12.8 Å². The highest BCUT2D eigenvalue weighted by Crippen LogP contribution is 2.25. The number of nitrogens with zero attached hydrogens (tertiary/aromatic N) is 2. The van der Waals surface area contributed by atoms with Crippen LogP contribution in [0.3, 0.4) is 0 Å². The number of hydrogen-bond acceptors (Lipinski definition) is 3. The molecule has 0 bridgehead atoms.